The number of methoxy groups -OCH3 is 1. The lowest BCUT2D eigenvalue weighted by Crippen LogP contribution is -2.46. The molecule has 9 heteroatoms. The molecule has 40 heavy (non-hydrogen) atoms. The molecule has 1 spiro atoms. The van der Waals surface area contributed by atoms with E-state index in [1.165, 1.54) is 0 Å². The third-order valence-electron chi connectivity index (χ3n) is 8.21. The maximum atomic E-state index is 14.2. The summed E-state index contributed by atoms with van der Waals surface area (Å²) in [6.45, 7) is 5.99. The molecular weight excluding hydrogens is 524 g/mol. The number of nitrogens with one attached hydrogen (secondary N) is 1. The Morgan fingerprint density at radius 2 is 1.75 bits per heavy atom. The lowest BCUT2D eigenvalue weighted by atomic mass is 9.82. The van der Waals surface area contributed by atoms with Crippen LogP contribution < -0.4 is 15.0 Å². The van der Waals surface area contributed by atoms with Crippen LogP contribution in [0.3, 0.4) is 0 Å². The Kier molecular flexibility index (Phi) is 7.58. The number of fused-ring (bicyclic) bond motifs is 2. The van der Waals surface area contributed by atoms with Crippen molar-refractivity contribution in [3.8, 4) is 5.75 Å². The van der Waals surface area contributed by atoms with Crippen LogP contribution in [-0.2, 0) is 21.7 Å². The zero-order chi connectivity index (χ0) is 28.7. The van der Waals surface area contributed by atoms with E-state index in [4.69, 9.17) is 9.47 Å². The molecule has 0 aliphatic carbocycles. The SMILES string of the molecule is COc1ccc(C(=O)Nc2ccc(CN3C(=O)[C@]4(O[C@H](CCO)[C@@H]([Si](C)(C)O)[C@@H]4C)c4ccccc43)cc2)cc1. The van der Waals surface area contributed by atoms with Gasteiger partial charge in [-0.05, 0) is 67.5 Å². The predicted molar refractivity (Wildman–Crippen MR) is 156 cm³/mol. The van der Waals surface area contributed by atoms with Gasteiger partial charge in [-0.3, -0.25) is 9.59 Å². The molecule has 0 aromatic heterocycles. The summed E-state index contributed by atoms with van der Waals surface area (Å²) >= 11 is 0. The number of carbonyl (C=O) groups is 2. The van der Waals surface area contributed by atoms with Crippen LogP contribution in [0, 0.1) is 5.92 Å². The quantitative estimate of drug-likeness (QED) is 0.346. The van der Waals surface area contributed by atoms with Crippen molar-refractivity contribution >= 4 is 31.5 Å². The van der Waals surface area contributed by atoms with Crippen molar-refractivity contribution in [2.75, 3.05) is 23.9 Å². The molecule has 3 aromatic carbocycles. The van der Waals surface area contributed by atoms with Crippen LogP contribution in [0.15, 0.2) is 72.8 Å². The molecule has 1 saturated heterocycles. The number of ether oxygens (including phenoxy) is 2. The van der Waals surface area contributed by atoms with Gasteiger partial charge >= 0.3 is 0 Å². The first-order valence-corrected chi connectivity index (χ1v) is 16.6. The lowest BCUT2D eigenvalue weighted by Gasteiger charge is -2.32. The number of hydrogen-bond acceptors (Lipinski definition) is 6. The highest BCUT2D eigenvalue weighted by atomic mass is 28.4. The van der Waals surface area contributed by atoms with E-state index in [0.29, 0.717) is 30.0 Å². The second-order valence-corrected chi connectivity index (χ2v) is 15.1. The average Bonchev–Trinajstić information content (AvgIpc) is 3.36. The second-order valence-electron chi connectivity index (χ2n) is 11.2. The fourth-order valence-electron chi connectivity index (χ4n) is 6.41. The van der Waals surface area contributed by atoms with Gasteiger partial charge in [0.05, 0.1) is 25.4 Å². The summed E-state index contributed by atoms with van der Waals surface area (Å²) in [4.78, 5) is 39.8. The number of para-hydroxylation sites is 1. The number of hydrogen-bond donors (Lipinski definition) is 3. The highest BCUT2D eigenvalue weighted by Crippen LogP contribution is 2.59. The summed E-state index contributed by atoms with van der Waals surface area (Å²) in [6.07, 6.45) is -0.0374. The molecule has 0 saturated carbocycles. The molecule has 0 radical (unpaired) electrons. The Morgan fingerprint density at radius 1 is 1.07 bits per heavy atom. The summed E-state index contributed by atoms with van der Waals surface area (Å²) in [5.74, 6) is 0.0436. The molecular formula is C31H36N2O6Si. The molecule has 1 fully saturated rings. The first-order chi connectivity index (χ1) is 19.1. The topological polar surface area (TPSA) is 108 Å². The molecule has 5 rings (SSSR count). The molecule has 2 aliphatic rings. The van der Waals surface area contributed by atoms with E-state index in [1.807, 2.05) is 68.5 Å². The van der Waals surface area contributed by atoms with Gasteiger partial charge in [0, 0.05) is 34.9 Å². The van der Waals surface area contributed by atoms with E-state index >= 15 is 0 Å². The van der Waals surface area contributed by atoms with Gasteiger partial charge in [-0.1, -0.05) is 37.3 Å². The van der Waals surface area contributed by atoms with Gasteiger partial charge in [-0.15, -0.1) is 0 Å². The van der Waals surface area contributed by atoms with Crippen LogP contribution >= 0.6 is 0 Å². The minimum atomic E-state index is -2.73. The lowest BCUT2D eigenvalue weighted by molar-refractivity contribution is -0.146. The van der Waals surface area contributed by atoms with E-state index in [-0.39, 0.29) is 29.9 Å². The van der Waals surface area contributed by atoms with Crippen molar-refractivity contribution in [2.24, 2.45) is 5.92 Å². The highest BCUT2D eigenvalue weighted by molar-refractivity contribution is 6.71. The van der Waals surface area contributed by atoms with Gasteiger partial charge in [0.15, 0.2) is 13.9 Å². The van der Waals surface area contributed by atoms with Crippen LogP contribution in [0.5, 0.6) is 5.75 Å². The van der Waals surface area contributed by atoms with E-state index in [9.17, 15) is 19.5 Å². The molecule has 2 heterocycles. The fraction of sp³-hybridized carbons (Fsp3) is 0.355. The number of aliphatic hydroxyl groups excluding tert-OH is 1. The molecule has 3 aromatic rings. The number of rotatable bonds is 8. The average molecular weight is 561 g/mol. The molecule has 8 nitrogen and oxygen atoms in total. The molecule has 2 aliphatic heterocycles. The summed E-state index contributed by atoms with van der Waals surface area (Å²) in [6, 6.07) is 22.0. The number of carbonyl (C=O) groups excluding carboxylic acids is 2. The summed E-state index contributed by atoms with van der Waals surface area (Å²) in [5, 5.41) is 12.6. The first kappa shape index (κ1) is 28.0. The van der Waals surface area contributed by atoms with Crippen LogP contribution in [-0.4, -0.2) is 49.9 Å². The predicted octanol–water partition coefficient (Wildman–Crippen LogP) is 4.67. The molecule has 0 bridgehead atoms. The van der Waals surface area contributed by atoms with Gasteiger partial charge < -0.3 is 29.6 Å². The largest absolute Gasteiger partial charge is 0.497 e. The number of benzene rings is 3. The third kappa shape index (κ3) is 4.83. The fourth-order valence-corrected chi connectivity index (χ4v) is 9.01. The van der Waals surface area contributed by atoms with Crippen LogP contribution in [0.2, 0.25) is 18.6 Å². The number of nitrogens with zero attached hydrogens (tertiary/aromatic N) is 1. The smallest absolute Gasteiger partial charge is 0.264 e. The first-order valence-electron chi connectivity index (χ1n) is 13.6. The molecule has 4 atom stereocenters. The Balaban J connectivity index is 1.38. The standard InChI is InChI=1S/C31H36N2O6Si/c1-20-28(40(3,4)37)27(17-18-34)39-31(20)25-7-5-6-8-26(25)33(30(31)36)19-21-9-13-23(14-10-21)32-29(35)22-11-15-24(38-2)16-12-22/h5-16,20,27-28,34,37H,17-19H2,1-4H3,(H,32,35)/t20-,27+,28-,31+/m0/s1. The highest BCUT2D eigenvalue weighted by Gasteiger charge is 2.65. The molecule has 2 amide bonds. The van der Waals surface area contributed by atoms with Crippen molar-refractivity contribution in [2.45, 2.75) is 50.2 Å². The Bertz CT molecular complexity index is 1390. The number of amides is 2. The number of anilines is 2. The third-order valence-corrected chi connectivity index (χ3v) is 10.7. The second kappa shape index (κ2) is 10.8. The summed E-state index contributed by atoms with van der Waals surface area (Å²) in [7, 11) is -1.15. The van der Waals surface area contributed by atoms with Gasteiger partial charge in [-0.2, -0.15) is 0 Å². The maximum absolute atomic E-state index is 14.2. The molecule has 0 unspecified atom stereocenters. The Labute approximate surface area is 235 Å². The monoisotopic (exact) mass is 560 g/mol. The van der Waals surface area contributed by atoms with E-state index in [0.717, 1.165) is 16.8 Å². The van der Waals surface area contributed by atoms with Crippen molar-refractivity contribution in [1.82, 2.24) is 0 Å². The summed E-state index contributed by atoms with van der Waals surface area (Å²) in [5.41, 5.74) is 2.25. The van der Waals surface area contributed by atoms with Crippen LogP contribution in [0.25, 0.3) is 0 Å². The van der Waals surface area contributed by atoms with Gasteiger partial charge in [0.2, 0.25) is 0 Å². The van der Waals surface area contributed by atoms with E-state index in [2.05, 4.69) is 5.32 Å². The Hall–Kier alpha value is -3.50. The minimum absolute atomic E-state index is 0.0741. The molecule has 3 N–H and O–H groups in total. The normalized spacial score (nSPS) is 23.9. The molecule has 210 valence electrons. The van der Waals surface area contributed by atoms with E-state index in [1.54, 1.807) is 36.3 Å². The van der Waals surface area contributed by atoms with E-state index < -0.39 is 20.0 Å². The van der Waals surface area contributed by atoms with Crippen molar-refractivity contribution in [3.05, 3.63) is 89.5 Å². The van der Waals surface area contributed by atoms with Crippen molar-refractivity contribution in [3.63, 3.8) is 0 Å². The Morgan fingerprint density at radius 3 is 2.38 bits per heavy atom. The zero-order valence-corrected chi connectivity index (χ0v) is 24.3. The summed E-state index contributed by atoms with van der Waals surface area (Å²) < 4.78 is 11.7. The van der Waals surface area contributed by atoms with Crippen LogP contribution in [0.4, 0.5) is 11.4 Å². The van der Waals surface area contributed by atoms with Crippen molar-refractivity contribution < 1.29 is 29.0 Å². The maximum Gasteiger partial charge on any atom is 0.264 e. The van der Waals surface area contributed by atoms with Gasteiger partial charge in [-0.25, -0.2) is 0 Å². The van der Waals surface area contributed by atoms with Crippen molar-refractivity contribution in [1.29, 1.82) is 0 Å². The minimum Gasteiger partial charge on any atom is -0.497 e. The van der Waals surface area contributed by atoms with Gasteiger partial charge in [0.1, 0.15) is 5.75 Å². The van der Waals surface area contributed by atoms with Gasteiger partial charge in [0.25, 0.3) is 11.8 Å². The van der Waals surface area contributed by atoms with Crippen LogP contribution in [0.1, 0.15) is 34.8 Å². The zero-order valence-electron chi connectivity index (χ0n) is 23.3. The number of aliphatic hydroxyl groups is 1.